The minimum atomic E-state index is 0.418. The van der Waals surface area contributed by atoms with Crippen molar-refractivity contribution < 1.29 is 0 Å². The molecule has 19 heavy (non-hydrogen) atoms. The number of allylic oxidation sites excluding steroid dienone is 1. The number of rotatable bonds is 5. The van der Waals surface area contributed by atoms with E-state index in [4.69, 9.17) is 0 Å². The van der Waals surface area contributed by atoms with Crippen LogP contribution in [0.5, 0.6) is 0 Å². The molecule has 1 heterocycles. The molecule has 0 spiro atoms. The Morgan fingerprint density at radius 3 is 2.84 bits per heavy atom. The van der Waals surface area contributed by atoms with Gasteiger partial charge in [0.15, 0.2) is 0 Å². The van der Waals surface area contributed by atoms with Crippen molar-refractivity contribution in [2.24, 2.45) is 0 Å². The standard InChI is InChI=1S/C17H27NS/c1-4-10-18-15(11-13(2)3)17-12-14-8-6-5-7-9-16(14)19-17/h11-12,15,18H,4-10H2,1-3H3. The van der Waals surface area contributed by atoms with Crippen LogP contribution in [0.2, 0.25) is 0 Å². The predicted octanol–water partition coefficient (Wildman–Crippen LogP) is 5.02. The Morgan fingerprint density at radius 1 is 1.32 bits per heavy atom. The first-order chi connectivity index (χ1) is 9.20. The van der Waals surface area contributed by atoms with Crippen LogP contribution in [0.4, 0.5) is 0 Å². The molecular formula is C17H27NS. The molecule has 0 aromatic carbocycles. The first kappa shape index (κ1) is 14.8. The number of hydrogen-bond donors (Lipinski definition) is 1. The summed E-state index contributed by atoms with van der Waals surface area (Å²) in [6.45, 7) is 7.71. The highest BCUT2D eigenvalue weighted by molar-refractivity contribution is 7.12. The van der Waals surface area contributed by atoms with Crippen LogP contribution in [0, 0.1) is 0 Å². The molecule has 0 aliphatic heterocycles. The lowest BCUT2D eigenvalue weighted by atomic mass is 10.1. The molecular weight excluding hydrogens is 250 g/mol. The average molecular weight is 277 g/mol. The zero-order valence-electron chi connectivity index (χ0n) is 12.6. The molecule has 1 nitrogen and oxygen atoms in total. The van der Waals surface area contributed by atoms with Crippen molar-refractivity contribution >= 4 is 11.3 Å². The van der Waals surface area contributed by atoms with Gasteiger partial charge in [-0.2, -0.15) is 0 Å². The van der Waals surface area contributed by atoms with Crippen LogP contribution < -0.4 is 5.32 Å². The second kappa shape index (κ2) is 7.25. The lowest BCUT2D eigenvalue weighted by Crippen LogP contribution is -2.19. The molecule has 0 saturated carbocycles. The van der Waals surface area contributed by atoms with Crippen LogP contribution in [0.25, 0.3) is 0 Å². The van der Waals surface area contributed by atoms with Gasteiger partial charge in [0, 0.05) is 9.75 Å². The minimum absolute atomic E-state index is 0.418. The third-order valence-electron chi connectivity index (χ3n) is 3.69. The Bertz CT molecular complexity index is 403. The summed E-state index contributed by atoms with van der Waals surface area (Å²) in [4.78, 5) is 3.17. The minimum Gasteiger partial charge on any atom is -0.306 e. The van der Waals surface area contributed by atoms with Crippen molar-refractivity contribution in [3.8, 4) is 0 Å². The quantitative estimate of drug-likeness (QED) is 0.588. The monoisotopic (exact) mass is 277 g/mol. The van der Waals surface area contributed by atoms with Gasteiger partial charge in [-0.25, -0.2) is 0 Å². The van der Waals surface area contributed by atoms with Crippen molar-refractivity contribution in [2.75, 3.05) is 6.54 Å². The van der Waals surface area contributed by atoms with Crippen LogP contribution in [-0.4, -0.2) is 6.54 Å². The number of thiophene rings is 1. The van der Waals surface area contributed by atoms with Gasteiger partial charge in [0.2, 0.25) is 0 Å². The zero-order valence-corrected chi connectivity index (χ0v) is 13.4. The van der Waals surface area contributed by atoms with Crippen LogP contribution in [0.1, 0.15) is 67.8 Å². The highest BCUT2D eigenvalue weighted by Crippen LogP contribution is 2.33. The van der Waals surface area contributed by atoms with Crippen molar-refractivity contribution in [2.45, 2.75) is 65.3 Å². The molecule has 0 fully saturated rings. The molecule has 0 bridgehead atoms. The van der Waals surface area contributed by atoms with Gasteiger partial charge in [-0.15, -0.1) is 11.3 Å². The number of nitrogens with one attached hydrogen (secondary N) is 1. The third kappa shape index (κ3) is 4.19. The van der Waals surface area contributed by atoms with Crippen molar-refractivity contribution in [1.82, 2.24) is 5.32 Å². The second-order valence-corrected chi connectivity index (χ2v) is 7.00. The summed E-state index contributed by atoms with van der Waals surface area (Å²) in [7, 11) is 0. The maximum atomic E-state index is 3.68. The topological polar surface area (TPSA) is 12.0 Å². The van der Waals surface area contributed by atoms with E-state index >= 15 is 0 Å². The number of fused-ring (bicyclic) bond motifs is 1. The molecule has 2 heteroatoms. The molecule has 1 atom stereocenters. The van der Waals surface area contributed by atoms with E-state index in [9.17, 15) is 0 Å². The SMILES string of the molecule is CCCNC(C=C(C)C)c1cc2c(s1)CCCCC2. The summed E-state index contributed by atoms with van der Waals surface area (Å²) in [5, 5.41) is 3.68. The van der Waals surface area contributed by atoms with Gasteiger partial charge in [-0.1, -0.05) is 25.0 Å². The molecule has 1 aliphatic rings. The van der Waals surface area contributed by atoms with Gasteiger partial charge in [0.05, 0.1) is 6.04 Å². The highest BCUT2D eigenvalue weighted by Gasteiger charge is 2.16. The van der Waals surface area contributed by atoms with Gasteiger partial charge in [-0.3, -0.25) is 0 Å². The van der Waals surface area contributed by atoms with Crippen molar-refractivity contribution in [1.29, 1.82) is 0 Å². The molecule has 1 N–H and O–H groups in total. The van der Waals surface area contributed by atoms with E-state index in [2.05, 4.69) is 38.2 Å². The Morgan fingerprint density at radius 2 is 2.11 bits per heavy atom. The molecule has 106 valence electrons. The summed E-state index contributed by atoms with van der Waals surface area (Å²) in [6.07, 6.45) is 10.3. The largest absolute Gasteiger partial charge is 0.306 e. The van der Waals surface area contributed by atoms with E-state index in [1.54, 1.807) is 10.4 Å². The third-order valence-corrected chi connectivity index (χ3v) is 5.01. The van der Waals surface area contributed by atoms with Crippen LogP contribution in [0.15, 0.2) is 17.7 Å². The van der Waals surface area contributed by atoms with E-state index < -0.39 is 0 Å². The molecule has 1 aliphatic carbocycles. The van der Waals surface area contributed by atoms with Crippen LogP contribution in [-0.2, 0) is 12.8 Å². The first-order valence-corrected chi connectivity index (χ1v) is 8.52. The summed E-state index contributed by atoms with van der Waals surface area (Å²) < 4.78 is 0. The summed E-state index contributed by atoms with van der Waals surface area (Å²) in [6, 6.07) is 2.89. The Labute approximate surface area is 122 Å². The molecule has 2 rings (SSSR count). The van der Waals surface area contributed by atoms with E-state index in [1.807, 2.05) is 11.3 Å². The normalized spacial score (nSPS) is 16.6. The fourth-order valence-corrected chi connectivity index (χ4v) is 4.02. The number of hydrogen-bond acceptors (Lipinski definition) is 2. The van der Waals surface area contributed by atoms with E-state index in [-0.39, 0.29) is 0 Å². The first-order valence-electron chi connectivity index (χ1n) is 7.70. The highest BCUT2D eigenvalue weighted by atomic mass is 32.1. The molecule has 1 unspecified atom stereocenters. The predicted molar refractivity (Wildman–Crippen MR) is 86.0 cm³/mol. The zero-order chi connectivity index (χ0) is 13.7. The Balaban J connectivity index is 2.19. The lowest BCUT2D eigenvalue weighted by Gasteiger charge is -2.13. The summed E-state index contributed by atoms with van der Waals surface area (Å²) in [5.41, 5.74) is 3.03. The van der Waals surface area contributed by atoms with Gasteiger partial charge >= 0.3 is 0 Å². The second-order valence-electron chi connectivity index (χ2n) is 5.83. The van der Waals surface area contributed by atoms with Crippen molar-refractivity contribution in [3.05, 3.63) is 33.0 Å². The smallest absolute Gasteiger partial charge is 0.0603 e. The summed E-state index contributed by atoms with van der Waals surface area (Å²) in [5.74, 6) is 0. The van der Waals surface area contributed by atoms with Gasteiger partial charge in [0.1, 0.15) is 0 Å². The van der Waals surface area contributed by atoms with E-state index in [1.165, 1.54) is 49.0 Å². The molecule has 0 amide bonds. The Kier molecular flexibility index (Phi) is 5.65. The lowest BCUT2D eigenvalue weighted by molar-refractivity contribution is 0.617. The van der Waals surface area contributed by atoms with Gasteiger partial charge in [-0.05, 0) is 64.1 Å². The Hall–Kier alpha value is -0.600. The number of aryl methyl sites for hydroxylation is 2. The maximum absolute atomic E-state index is 3.68. The molecule has 0 saturated heterocycles. The maximum Gasteiger partial charge on any atom is 0.0603 e. The van der Waals surface area contributed by atoms with Crippen LogP contribution >= 0.6 is 11.3 Å². The van der Waals surface area contributed by atoms with Gasteiger partial charge in [0.25, 0.3) is 0 Å². The fraction of sp³-hybridized carbons (Fsp3) is 0.647. The summed E-state index contributed by atoms with van der Waals surface area (Å²) >= 11 is 2.04. The van der Waals surface area contributed by atoms with E-state index in [0.29, 0.717) is 6.04 Å². The van der Waals surface area contributed by atoms with E-state index in [0.717, 1.165) is 6.54 Å². The molecule has 0 radical (unpaired) electrons. The molecule has 1 aromatic rings. The average Bonchev–Trinajstić information content (AvgIpc) is 2.65. The van der Waals surface area contributed by atoms with Crippen LogP contribution in [0.3, 0.4) is 0 Å². The fourth-order valence-electron chi connectivity index (χ4n) is 2.72. The van der Waals surface area contributed by atoms with Crippen molar-refractivity contribution in [3.63, 3.8) is 0 Å². The molecule has 1 aromatic heterocycles. The van der Waals surface area contributed by atoms with Gasteiger partial charge < -0.3 is 5.32 Å².